The van der Waals surface area contributed by atoms with E-state index in [1.807, 2.05) is 0 Å². The summed E-state index contributed by atoms with van der Waals surface area (Å²) in [5, 5.41) is 39.8. The summed E-state index contributed by atoms with van der Waals surface area (Å²) in [4.78, 5) is 72.2. The minimum atomic E-state index is -0.552. The van der Waals surface area contributed by atoms with E-state index in [4.69, 9.17) is 0 Å². The highest BCUT2D eigenvalue weighted by molar-refractivity contribution is 5.84. The van der Waals surface area contributed by atoms with Crippen molar-refractivity contribution in [2.75, 3.05) is 39.3 Å². The molecule has 0 aromatic carbocycles. The quantitative estimate of drug-likeness (QED) is 0.0467. The average Bonchev–Trinajstić information content (AvgIpc) is 3.50. The fraction of sp³-hybridized carbons (Fsp3) is 0.829. The molecule has 15 heteroatoms. The molecular weight excluding hydrogens is 648 g/mol. The van der Waals surface area contributed by atoms with Crippen LogP contribution in [0.1, 0.15) is 122 Å². The van der Waals surface area contributed by atoms with Gasteiger partial charge in [0.05, 0.1) is 5.41 Å². The van der Waals surface area contributed by atoms with Crippen LogP contribution in [0.15, 0.2) is 0 Å². The molecular formula is C35H60N6O9. The Balaban J connectivity index is 1.09. The molecule has 0 saturated heterocycles. The van der Waals surface area contributed by atoms with E-state index in [-0.39, 0.29) is 68.5 Å². The van der Waals surface area contributed by atoms with Crippen LogP contribution in [0.25, 0.3) is 0 Å². The van der Waals surface area contributed by atoms with Crippen molar-refractivity contribution in [2.24, 2.45) is 23.2 Å². The van der Waals surface area contributed by atoms with Crippen LogP contribution in [0.5, 0.6) is 0 Å². The molecule has 0 radical (unpaired) electrons. The van der Waals surface area contributed by atoms with Gasteiger partial charge in [-0.2, -0.15) is 0 Å². The molecule has 4 aliphatic carbocycles. The van der Waals surface area contributed by atoms with Gasteiger partial charge in [-0.3, -0.25) is 44.4 Å². The summed E-state index contributed by atoms with van der Waals surface area (Å²) in [5.74, 6) is 0.201. The zero-order valence-electron chi connectivity index (χ0n) is 29.8. The molecule has 6 amide bonds. The van der Waals surface area contributed by atoms with Gasteiger partial charge in [0.2, 0.25) is 35.4 Å². The molecule has 4 saturated carbocycles. The third-order valence-corrected chi connectivity index (χ3v) is 10.6. The van der Waals surface area contributed by atoms with Crippen molar-refractivity contribution >= 4 is 35.4 Å². The largest absolute Gasteiger partial charge is 0.356 e. The van der Waals surface area contributed by atoms with E-state index >= 15 is 0 Å². The van der Waals surface area contributed by atoms with E-state index in [0.717, 1.165) is 37.5 Å². The van der Waals surface area contributed by atoms with Crippen molar-refractivity contribution in [1.82, 2.24) is 31.1 Å². The summed E-state index contributed by atoms with van der Waals surface area (Å²) in [6, 6.07) is 0. The van der Waals surface area contributed by atoms with Crippen molar-refractivity contribution in [3.8, 4) is 0 Å². The zero-order chi connectivity index (χ0) is 36.5. The van der Waals surface area contributed by atoms with E-state index in [1.165, 1.54) is 26.2 Å². The van der Waals surface area contributed by atoms with Crippen LogP contribution in [-0.4, -0.2) is 106 Å². The van der Waals surface area contributed by atoms with Crippen LogP contribution in [0, 0.1) is 23.2 Å². The molecule has 0 aromatic heterocycles. The third-order valence-electron chi connectivity index (χ3n) is 10.6. The summed E-state index contributed by atoms with van der Waals surface area (Å²) in [5.41, 5.74) is -0.116. The van der Waals surface area contributed by atoms with Gasteiger partial charge >= 0.3 is 0 Å². The SMILES string of the molecule is CC(=O)N(O)CCCCCNC(=O)CCC(=O)N(O)CCCCCNC(=O)CCC(=O)N(O)CCCCCNC(=O)C12CC3CC(CC1C3)C2. The first kappa shape index (κ1) is 41.1. The molecule has 0 aliphatic heterocycles. The normalized spacial score (nSPS) is 21.5. The summed E-state index contributed by atoms with van der Waals surface area (Å²) >= 11 is 0. The molecule has 6 N–H and O–H groups in total. The Morgan fingerprint density at radius 2 is 0.980 bits per heavy atom. The third kappa shape index (κ3) is 13.4. The molecule has 0 heterocycles. The first-order valence-electron chi connectivity index (χ1n) is 18.7. The second-order valence-corrected chi connectivity index (χ2v) is 14.5. The van der Waals surface area contributed by atoms with Crippen LogP contribution in [0.3, 0.4) is 0 Å². The molecule has 4 aliphatic rings. The molecule has 4 rings (SSSR count). The predicted octanol–water partition coefficient (Wildman–Crippen LogP) is 2.91. The fourth-order valence-corrected chi connectivity index (χ4v) is 7.97. The second kappa shape index (κ2) is 21.2. The standard InChI is InChI=1S/C35H60N6O9/c1-26(42)39(48)18-8-2-5-15-36-30(43)11-13-32(45)40(49)19-9-3-6-16-37-31(44)12-14-33(46)41(50)20-10-4-7-17-38-34(47)35-24-27-21-28(25-35)23-29(35)22-27/h27-29,48-50H,2-25H2,1H3,(H,36,43)(H,37,44)(H,38,47). The van der Waals surface area contributed by atoms with Crippen molar-refractivity contribution < 1.29 is 44.4 Å². The van der Waals surface area contributed by atoms with Gasteiger partial charge in [0.15, 0.2) is 0 Å². The summed E-state index contributed by atoms with van der Waals surface area (Å²) < 4.78 is 0. The van der Waals surface area contributed by atoms with E-state index in [2.05, 4.69) is 16.0 Å². The Morgan fingerprint density at radius 3 is 1.42 bits per heavy atom. The van der Waals surface area contributed by atoms with Crippen molar-refractivity contribution in [2.45, 2.75) is 122 Å². The van der Waals surface area contributed by atoms with Crippen molar-refractivity contribution in [1.29, 1.82) is 0 Å². The number of hydrogen-bond acceptors (Lipinski definition) is 9. The predicted molar refractivity (Wildman–Crippen MR) is 181 cm³/mol. The molecule has 4 bridgehead atoms. The maximum absolute atomic E-state index is 13.0. The number of unbranched alkanes of at least 4 members (excludes halogenated alkanes) is 6. The zero-order valence-corrected chi connectivity index (χ0v) is 29.8. The van der Waals surface area contributed by atoms with Gasteiger partial charge in [0.1, 0.15) is 0 Å². The maximum atomic E-state index is 13.0. The van der Waals surface area contributed by atoms with E-state index < -0.39 is 17.7 Å². The lowest BCUT2D eigenvalue weighted by molar-refractivity contribution is -0.166. The Kier molecular flexibility index (Phi) is 17.4. The summed E-state index contributed by atoms with van der Waals surface area (Å²) in [6.07, 6.45) is 11.4. The maximum Gasteiger partial charge on any atom is 0.246 e. The van der Waals surface area contributed by atoms with Crippen molar-refractivity contribution in [3.05, 3.63) is 0 Å². The highest BCUT2D eigenvalue weighted by atomic mass is 16.5. The average molecular weight is 709 g/mol. The Labute approximate surface area is 295 Å². The summed E-state index contributed by atoms with van der Waals surface area (Å²) in [7, 11) is 0. The summed E-state index contributed by atoms with van der Waals surface area (Å²) in [6.45, 7) is 3.20. The van der Waals surface area contributed by atoms with Gasteiger partial charge in [0, 0.05) is 71.9 Å². The fourth-order valence-electron chi connectivity index (χ4n) is 7.97. The number of carbonyl (C=O) groups is 6. The Bertz CT molecular complexity index is 1140. The number of nitrogens with one attached hydrogen (secondary N) is 3. The van der Waals surface area contributed by atoms with Crippen LogP contribution in [0.4, 0.5) is 0 Å². The molecule has 2 atom stereocenters. The molecule has 2 unspecified atom stereocenters. The van der Waals surface area contributed by atoms with Gasteiger partial charge in [-0.1, -0.05) is 0 Å². The number of carbonyl (C=O) groups excluding carboxylic acids is 6. The number of amides is 6. The van der Waals surface area contributed by atoms with E-state index in [0.29, 0.717) is 85.7 Å². The Morgan fingerprint density at radius 1 is 0.560 bits per heavy atom. The highest BCUT2D eigenvalue weighted by Gasteiger charge is 2.61. The first-order valence-corrected chi connectivity index (χ1v) is 18.7. The first-order chi connectivity index (χ1) is 23.9. The van der Waals surface area contributed by atoms with Gasteiger partial charge in [-0.25, -0.2) is 15.2 Å². The van der Waals surface area contributed by atoms with Crippen molar-refractivity contribution in [3.63, 3.8) is 0 Å². The van der Waals surface area contributed by atoms with Gasteiger partial charge in [-0.15, -0.1) is 0 Å². The van der Waals surface area contributed by atoms with Crippen LogP contribution < -0.4 is 16.0 Å². The lowest BCUT2D eigenvalue weighted by Crippen LogP contribution is -2.42. The lowest BCUT2D eigenvalue weighted by Gasteiger charge is -2.31. The number of hydroxylamine groups is 6. The highest BCUT2D eigenvalue weighted by Crippen LogP contribution is 2.65. The second-order valence-electron chi connectivity index (χ2n) is 14.5. The van der Waals surface area contributed by atoms with Crippen LogP contribution >= 0.6 is 0 Å². The minimum absolute atomic E-state index is 0.0392. The molecule has 284 valence electrons. The Hall–Kier alpha value is -3.30. The molecule has 15 nitrogen and oxygen atoms in total. The molecule has 4 fully saturated rings. The van der Waals surface area contributed by atoms with Gasteiger partial charge in [0.25, 0.3) is 0 Å². The van der Waals surface area contributed by atoms with E-state index in [1.54, 1.807) is 0 Å². The minimum Gasteiger partial charge on any atom is -0.356 e. The monoisotopic (exact) mass is 708 g/mol. The molecule has 50 heavy (non-hydrogen) atoms. The smallest absolute Gasteiger partial charge is 0.246 e. The van der Waals surface area contributed by atoms with Gasteiger partial charge < -0.3 is 16.0 Å². The number of hydrogen-bond donors (Lipinski definition) is 6. The molecule has 0 spiro atoms. The number of rotatable bonds is 25. The molecule has 0 aromatic rings. The topological polar surface area (TPSA) is 209 Å². The number of nitrogens with zero attached hydrogens (tertiary/aromatic N) is 3. The van der Waals surface area contributed by atoms with Crippen LogP contribution in [-0.2, 0) is 28.8 Å². The van der Waals surface area contributed by atoms with Gasteiger partial charge in [-0.05, 0) is 108 Å². The van der Waals surface area contributed by atoms with Crippen LogP contribution in [0.2, 0.25) is 0 Å². The lowest BCUT2D eigenvalue weighted by atomic mass is 9.75. The van der Waals surface area contributed by atoms with E-state index in [9.17, 15) is 44.4 Å².